The highest BCUT2D eigenvalue weighted by Gasteiger charge is 2.54. The van der Waals surface area contributed by atoms with Crippen molar-refractivity contribution < 1.29 is 9.59 Å². The van der Waals surface area contributed by atoms with Crippen LogP contribution >= 0.6 is 0 Å². The Morgan fingerprint density at radius 2 is 1.38 bits per heavy atom. The number of nitrogens with zero attached hydrogens (tertiary/aromatic N) is 1. The van der Waals surface area contributed by atoms with Crippen molar-refractivity contribution >= 4 is 11.8 Å². The van der Waals surface area contributed by atoms with Gasteiger partial charge in [0.1, 0.15) is 6.04 Å². The van der Waals surface area contributed by atoms with Gasteiger partial charge in [0.2, 0.25) is 11.8 Å². The second-order valence-electron chi connectivity index (χ2n) is 11.3. The van der Waals surface area contributed by atoms with Gasteiger partial charge in [-0.3, -0.25) is 9.59 Å². The highest BCUT2D eigenvalue weighted by atomic mass is 16.2. The topological polar surface area (TPSA) is 49.4 Å². The van der Waals surface area contributed by atoms with Crippen molar-refractivity contribution in [2.24, 2.45) is 22.7 Å². The monoisotopic (exact) mass is 432 g/mol. The minimum atomic E-state index is -0.564. The lowest BCUT2D eigenvalue weighted by molar-refractivity contribution is -0.157. The highest BCUT2D eigenvalue weighted by molar-refractivity contribution is 5.93. The van der Waals surface area contributed by atoms with Crippen LogP contribution in [0.25, 0.3) is 0 Å². The Kier molecular flexibility index (Phi) is 5.91. The molecule has 1 aliphatic carbocycles. The molecule has 3 aliphatic rings. The molecule has 0 unspecified atom stereocenters. The maximum absolute atomic E-state index is 13.7. The third-order valence-electron chi connectivity index (χ3n) is 7.79. The van der Waals surface area contributed by atoms with Crippen LogP contribution < -0.4 is 5.32 Å². The molecule has 2 aromatic carbocycles. The predicted molar refractivity (Wildman–Crippen MR) is 128 cm³/mol. The van der Waals surface area contributed by atoms with Crippen LogP contribution in [-0.4, -0.2) is 35.8 Å². The minimum Gasteiger partial charge on any atom is -0.343 e. The van der Waals surface area contributed by atoms with E-state index < -0.39 is 12.0 Å². The molecule has 4 heteroatoms. The van der Waals surface area contributed by atoms with Crippen molar-refractivity contribution in [1.29, 1.82) is 0 Å². The van der Waals surface area contributed by atoms with Crippen molar-refractivity contribution in [3.63, 3.8) is 0 Å². The van der Waals surface area contributed by atoms with Gasteiger partial charge in [-0.05, 0) is 40.2 Å². The van der Waals surface area contributed by atoms with Gasteiger partial charge in [-0.25, -0.2) is 0 Å². The summed E-state index contributed by atoms with van der Waals surface area (Å²) in [6.45, 7) is 12.3. The quantitative estimate of drug-likeness (QED) is 0.734. The van der Waals surface area contributed by atoms with E-state index in [0.29, 0.717) is 17.3 Å². The minimum absolute atomic E-state index is 0.0518. The van der Waals surface area contributed by atoms with E-state index in [1.807, 2.05) is 86.3 Å². The highest BCUT2D eigenvalue weighted by Crippen LogP contribution is 2.55. The van der Waals surface area contributed by atoms with E-state index in [1.165, 1.54) is 6.42 Å². The molecule has 2 aliphatic heterocycles. The van der Waals surface area contributed by atoms with Crippen LogP contribution in [-0.2, 0) is 9.59 Å². The third kappa shape index (κ3) is 4.20. The Morgan fingerprint density at radius 3 is 1.78 bits per heavy atom. The number of hydrogen-bond acceptors (Lipinski definition) is 2. The molecule has 32 heavy (non-hydrogen) atoms. The van der Waals surface area contributed by atoms with Gasteiger partial charge in [0.25, 0.3) is 0 Å². The molecule has 3 atom stereocenters. The lowest BCUT2D eigenvalue weighted by Crippen LogP contribution is -2.65. The Balaban J connectivity index is 1.58. The van der Waals surface area contributed by atoms with Gasteiger partial charge >= 0.3 is 0 Å². The number of carbonyl (C=O) groups excluding carboxylic acids is 2. The summed E-state index contributed by atoms with van der Waals surface area (Å²) in [6.07, 6.45) is 1.22. The molecule has 0 radical (unpaired) electrons. The standard InChI is InChI=1S/C28H36N2O2/c1-27(2,3)24(26(32)30-17-21-16-22(18-30)28(21,4)5)29-25(31)23(19-12-8-6-9-13-19)20-14-10-7-11-15-20/h6-15,21-24H,16-18H2,1-5H3,(H,29,31)/t21-,22+,24-/m1/s1. The Labute approximate surface area is 192 Å². The summed E-state index contributed by atoms with van der Waals surface area (Å²) in [5, 5.41) is 3.17. The normalized spacial score (nSPS) is 22.8. The summed E-state index contributed by atoms with van der Waals surface area (Å²) in [4.78, 5) is 29.3. The molecule has 0 spiro atoms. The van der Waals surface area contributed by atoms with Crippen molar-refractivity contribution in [2.45, 2.75) is 53.0 Å². The Morgan fingerprint density at radius 1 is 0.906 bits per heavy atom. The van der Waals surface area contributed by atoms with Gasteiger partial charge in [-0.15, -0.1) is 0 Å². The maximum Gasteiger partial charge on any atom is 0.245 e. The number of fused-ring (bicyclic) bond motifs is 2. The Hall–Kier alpha value is -2.62. The summed E-state index contributed by atoms with van der Waals surface area (Å²) >= 11 is 0. The largest absolute Gasteiger partial charge is 0.343 e. The van der Waals surface area contributed by atoms with Gasteiger partial charge in [0.15, 0.2) is 0 Å². The zero-order valence-electron chi connectivity index (χ0n) is 20.0. The van der Waals surface area contributed by atoms with Gasteiger partial charge in [-0.2, -0.15) is 0 Å². The zero-order valence-corrected chi connectivity index (χ0v) is 20.0. The van der Waals surface area contributed by atoms with Crippen molar-refractivity contribution in [1.82, 2.24) is 10.2 Å². The summed E-state index contributed by atoms with van der Waals surface area (Å²) < 4.78 is 0. The molecule has 4 nitrogen and oxygen atoms in total. The molecule has 2 amide bonds. The summed E-state index contributed by atoms with van der Waals surface area (Å²) in [5.74, 6) is 0.587. The van der Waals surface area contributed by atoms with Gasteiger partial charge in [-0.1, -0.05) is 95.3 Å². The van der Waals surface area contributed by atoms with Crippen LogP contribution in [0.1, 0.15) is 58.1 Å². The summed E-state index contributed by atoms with van der Waals surface area (Å²) in [5.41, 5.74) is 1.79. The molecule has 3 fully saturated rings. The smallest absolute Gasteiger partial charge is 0.245 e. The number of nitrogens with one attached hydrogen (secondary N) is 1. The molecule has 2 heterocycles. The van der Waals surface area contributed by atoms with E-state index in [1.54, 1.807) is 0 Å². The SMILES string of the molecule is CC(C)(C)[C@H](NC(=O)C(c1ccccc1)c1ccccc1)C(=O)N1C[C@H]2C[C@@H](C1)C2(C)C. The molecule has 0 aromatic heterocycles. The fraction of sp³-hybridized carbons (Fsp3) is 0.500. The molecular formula is C28H36N2O2. The Bertz CT molecular complexity index is 908. The van der Waals surface area contributed by atoms with Crippen molar-refractivity contribution in [3.05, 3.63) is 71.8 Å². The average molecular weight is 433 g/mol. The number of amides is 2. The first-order valence-corrected chi connectivity index (χ1v) is 11.8. The number of piperidine rings is 2. The number of carbonyl (C=O) groups is 2. The van der Waals surface area contributed by atoms with E-state index >= 15 is 0 Å². The molecule has 1 saturated carbocycles. The summed E-state index contributed by atoms with van der Waals surface area (Å²) in [7, 11) is 0. The molecule has 2 aromatic rings. The van der Waals surface area contributed by atoms with Crippen LogP contribution in [0.3, 0.4) is 0 Å². The first-order chi connectivity index (χ1) is 15.1. The lowest BCUT2D eigenvalue weighted by Gasteiger charge is -2.60. The van der Waals surface area contributed by atoms with E-state index in [4.69, 9.17) is 0 Å². The van der Waals surface area contributed by atoms with E-state index in [0.717, 1.165) is 24.2 Å². The van der Waals surface area contributed by atoms with Gasteiger partial charge in [0.05, 0.1) is 5.92 Å². The van der Waals surface area contributed by atoms with Crippen LogP contribution in [0, 0.1) is 22.7 Å². The molecule has 1 N–H and O–H groups in total. The van der Waals surface area contributed by atoms with Crippen molar-refractivity contribution in [3.8, 4) is 0 Å². The second kappa shape index (κ2) is 8.38. The third-order valence-corrected chi connectivity index (χ3v) is 7.79. The second-order valence-corrected chi connectivity index (χ2v) is 11.3. The molecule has 2 bridgehead atoms. The molecule has 2 saturated heterocycles. The lowest BCUT2D eigenvalue weighted by atomic mass is 9.52. The van der Waals surface area contributed by atoms with Crippen LogP contribution in [0.5, 0.6) is 0 Å². The number of hydrogen-bond donors (Lipinski definition) is 1. The van der Waals surface area contributed by atoms with E-state index in [-0.39, 0.29) is 17.2 Å². The fourth-order valence-corrected chi connectivity index (χ4v) is 5.37. The van der Waals surface area contributed by atoms with Gasteiger partial charge < -0.3 is 10.2 Å². The first-order valence-electron chi connectivity index (χ1n) is 11.8. The van der Waals surface area contributed by atoms with Gasteiger partial charge in [0, 0.05) is 13.1 Å². The van der Waals surface area contributed by atoms with Crippen molar-refractivity contribution in [2.75, 3.05) is 13.1 Å². The number of rotatable bonds is 5. The molecule has 170 valence electrons. The fourth-order valence-electron chi connectivity index (χ4n) is 5.37. The van der Waals surface area contributed by atoms with Crippen LogP contribution in [0.4, 0.5) is 0 Å². The predicted octanol–water partition coefficient (Wildman–Crippen LogP) is 4.85. The first kappa shape index (κ1) is 22.6. The van der Waals surface area contributed by atoms with Crippen LogP contribution in [0.15, 0.2) is 60.7 Å². The summed E-state index contributed by atoms with van der Waals surface area (Å²) in [6, 6.07) is 19.1. The van der Waals surface area contributed by atoms with Crippen LogP contribution in [0.2, 0.25) is 0 Å². The van der Waals surface area contributed by atoms with E-state index in [2.05, 4.69) is 19.2 Å². The average Bonchev–Trinajstić information content (AvgIpc) is 2.78. The number of benzene rings is 2. The maximum atomic E-state index is 13.7. The zero-order chi connectivity index (χ0) is 23.1. The molecule has 5 rings (SSSR count). The van der Waals surface area contributed by atoms with E-state index in [9.17, 15) is 9.59 Å². The molecular weight excluding hydrogens is 396 g/mol.